The van der Waals surface area contributed by atoms with Crippen LogP contribution in [-0.2, 0) is 4.79 Å². The summed E-state index contributed by atoms with van der Waals surface area (Å²) in [4.78, 5) is 21.4. The molecule has 0 atom stereocenters. The molecule has 2 N–H and O–H groups in total. The second-order valence-electron chi connectivity index (χ2n) is 2.60. The largest absolute Gasteiger partial charge is 0.478 e. The number of aromatic carboxylic acids is 1. The molecule has 15 heavy (non-hydrogen) atoms. The summed E-state index contributed by atoms with van der Waals surface area (Å²) >= 11 is 5.67. The summed E-state index contributed by atoms with van der Waals surface area (Å²) in [7, 11) is 0. The van der Waals surface area contributed by atoms with Crippen LogP contribution in [0.2, 0.25) is 5.02 Å². The number of hydrogen-bond acceptors (Lipinski definition) is 2. The Hall–Kier alpha value is -1.99. The molecule has 76 valence electrons. The maximum atomic E-state index is 10.8. The number of halogens is 1. The predicted molar refractivity (Wildman–Crippen MR) is 55.9 cm³/mol. The maximum Gasteiger partial charge on any atom is 0.337 e. The van der Waals surface area contributed by atoms with Gasteiger partial charge in [0.15, 0.2) is 0 Å². The fourth-order valence-electron chi connectivity index (χ4n) is 0.933. The molecule has 0 unspecified atom stereocenters. The van der Waals surface area contributed by atoms with Gasteiger partial charge in [0.05, 0.1) is 10.6 Å². The first-order valence-electron chi connectivity index (χ1n) is 3.85. The van der Waals surface area contributed by atoms with Crippen LogP contribution in [0.5, 0.6) is 0 Å². The highest BCUT2D eigenvalue weighted by Crippen LogP contribution is 2.20. The SMILES string of the molecule is C#CC(=O)Nc1ccc(C(=O)O)c(Cl)c1. The molecule has 0 spiro atoms. The average molecular weight is 224 g/mol. The number of carboxylic acids is 1. The van der Waals surface area contributed by atoms with E-state index >= 15 is 0 Å². The van der Waals surface area contributed by atoms with E-state index in [2.05, 4.69) is 5.32 Å². The van der Waals surface area contributed by atoms with Crippen molar-refractivity contribution in [2.45, 2.75) is 0 Å². The zero-order valence-corrected chi connectivity index (χ0v) is 8.21. The summed E-state index contributed by atoms with van der Waals surface area (Å²) < 4.78 is 0. The van der Waals surface area contributed by atoms with Crippen LogP contribution in [0, 0.1) is 12.3 Å². The molecule has 0 saturated heterocycles. The minimum atomic E-state index is -1.13. The minimum Gasteiger partial charge on any atom is -0.478 e. The van der Waals surface area contributed by atoms with Gasteiger partial charge in [0.1, 0.15) is 0 Å². The van der Waals surface area contributed by atoms with Crippen LogP contribution in [0.4, 0.5) is 5.69 Å². The second-order valence-corrected chi connectivity index (χ2v) is 3.01. The smallest absolute Gasteiger partial charge is 0.337 e. The van der Waals surface area contributed by atoms with Gasteiger partial charge in [-0.3, -0.25) is 4.79 Å². The summed E-state index contributed by atoms with van der Waals surface area (Å²) in [6.07, 6.45) is 4.85. The van der Waals surface area contributed by atoms with Crippen molar-refractivity contribution >= 4 is 29.2 Å². The topological polar surface area (TPSA) is 66.4 Å². The number of nitrogens with one attached hydrogen (secondary N) is 1. The molecule has 0 radical (unpaired) electrons. The van der Waals surface area contributed by atoms with Crippen LogP contribution in [0.1, 0.15) is 10.4 Å². The van der Waals surface area contributed by atoms with E-state index in [-0.39, 0.29) is 10.6 Å². The Bertz CT molecular complexity index is 462. The zero-order chi connectivity index (χ0) is 11.4. The van der Waals surface area contributed by atoms with Crippen molar-refractivity contribution < 1.29 is 14.7 Å². The second kappa shape index (κ2) is 4.49. The van der Waals surface area contributed by atoms with E-state index in [0.717, 1.165) is 0 Å². The van der Waals surface area contributed by atoms with Crippen LogP contribution in [0.15, 0.2) is 18.2 Å². The monoisotopic (exact) mass is 223 g/mol. The fraction of sp³-hybridized carbons (Fsp3) is 0. The molecule has 0 heterocycles. The number of carbonyl (C=O) groups is 2. The lowest BCUT2D eigenvalue weighted by atomic mass is 10.2. The Labute approximate surface area is 90.9 Å². The van der Waals surface area contributed by atoms with Crippen molar-refractivity contribution in [2.75, 3.05) is 5.32 Å². The first kappa shape index (κ1) is 11.1. The molecule has 0 bridgehead atoms. The number of rotatable bonds is 2. The normalized spacial score (nSPS) is 9.07. The van der Waals surface area contributed by atoms with E-state index in [1.165, 1.54) is 18.2 Å². The molecule has 1 aromatic rings. The number of anilines is 1. The molecule has 0 aliphatic heterocycles. The van der Waals surface area contributed by atoms with Gasteiger partial charge in [0, 0.05) is 5.69 Å². The molecule has 1 aromatic carbocycles. The minimum absolute atomic E-state index is 0.0321. The molecule has 5 heteroatoms. The lowest BCUT2D eigenvalue weighted by Gasteiger charge is -2.03. The van der Waals surface area contributed by atoms with Crippen molar-refractivity contribution in [3.05, 3.63) is 28.8 Å². The number of amides is 1. The van der Waals surface area contributed by atoms with Crippen LogP contribution in [0.25, 0.3) is 0 Å². The van der Waals surface area contributed by atoms with Crippen LogP contribution in [0.3, 0.4) is 0 Å². The molecule has 0 fully saturated rings. The van der Waals surface area contributed by atoms with Crippen molar-refractivity contribution in [3.63, 3.8) is 0 Å². The third kappa shape index (κ3) is 2.73. The molecule has 1 amide bonds. The van der Waals surface area contributed by atoms with Crippen LogP contribution >= 0.6 is 11.6 Å². The Morgan fingerprint density at radius 2 is 2.13 bits per heavy atom. The highest BCUT2D eigenvalue weighted by atomic mass is 35.5. The summed E-state index contributed by atoms with van der Waals surface area (Å²) in [5.41, 5.74) is 0.323. The number of benzene rings is 1. The Morgan fingerprint density at radius 1 is 1.47 bits per heavy atom. The lowest BCUT2D eigenvalue weighted by Crippen LogP contribution is -2.08. The molecule has 0 aromatic heterocycles. The van der Waals surface area contributed by atoms with Gasteiger partial charge in [0.2, 0.25) is 0 Å². The molecule has 0 saturated carbocycles. The molecular weight excluding hydrogens is 218 g/mol. The highest BCUT2D eigenvalue weighted by Gasteiger charge is 2.09. The van der Waals surface area contributed by atoms with Crippen molar-refractivity contribution in [2.24, 2.45) is 0 Å². The van der Waals surface area contributed by atoms with E-state index in [4.69, 9.17) is 23.1 Å². The Balaban J connectivity index is 2.98. The third-order valence-corrected chi connectivity index (χ3v) is 1.90. The Morgan fingerprint density at radius 3 is 2.60 bits per heavy atom. The first-order valence-corrected chi connectivity index (χ1v) is 4.23. The van der Waals surface area contributed by atoms with E-state index in [1.807, 2.05) is 5.92 Å². The highest BCUT2D eigenvalue weighted by molar-refractivity contribution is 6.33. The summed E-state index contributed by atoms with van der Waals surface area (Å²) in [5, 5.41) is 11.1. The zero-order valence-electron chi connectivity index (χ0n) is 7.45. The maximum absolute atomic E-state index is 10.8. The summed E-state index contributed by atoms with van der Waals surface area (Å²) in [5.74, 6) is 0.115. The number of carbonyl (C=O) groups excluding carboxylic acids is 1. The van der Waals surface area contributed by atoms with Crippen molar-refractivity contribution in [1.82, 2.24) is 0 Å². The quantitative estimate of drug-likeness (QED) is 0.749. The van der Waals surface area contributed by atoms with Gasteiger partial charge in [-0.25, -0.2) is 4.79 Å². The van der Waals surface area contributed by atoms with Gasteiger partial charge in [-0.05, 0) is 24.1 Å². The lowest BCUT2D eigenvalue weighted by molar-refractivity contribution is -0.111. The predicted octanol–water partition coefficient (Wildman–Crippen LogP) is 1.61. The average Bonchev–Trinajstić information content (AvgIpc) is 2.17. The van der Waals surface area contributed by atoms with Gasteiger partial charge in [-0.2, -0.15) is 0 Å². The summed E-state index contributed by atoms with van der Waals surface area (Å²) in [6, 6.07) is 4.02. The Kier molecular flexibility index (Phi) is 3.32. The molecular formula is C10H6ClNO3. The number of carboxylic acid groups (broad SMARTS) is 1. The first-order chi connectivity index (χ1) is 7.04. The van der Waals surface area contributed by atoms with Gasteiger partial charge in [-0.1, -0.05) is 11.6 Å². The van der Waals surface area contributed by atoms with Gasteiger partial charge in [-0.15, -0.1) is 6.42 Å². The van der Waals surface area contributed by atoms with Crippen molar-refractivity contribution in [3.8, 4) is 12.3 Å². The number of hydrogen-bond donors (Lipinski definition) is 2. The van der Waals surface area contributed by atoms with E-state index in [9.17, 15) is 9.59 Å². The fourth-order valence-corrected chi connectivity index (χ4v) is 1.19. The van der Waals surface area contributed by atoms with E-state index in [0.29, 0.717) is 5.69 Å². The molecule has 0 aliphatic rings. The van der Waals surface area contributed by atoms with Crippen LogP contribution in [-0.4, -0.2) is 17.0 Å². The molecule has 4 nitrogen and oxygen atoms in total. The van der Waals surface area contributed by atoms with E-state index < -0.39 is 11.9 Å². The third-order valence-electron chi connectivity index (χ3n) is 1.59. The summed E-state index contributed by atoms with van der Waals surface area (Å²) in [6.45, 7) is 0. The van der Waals surface area contributed by atoms with Gasteiger partial charge >= 0.3 is 5.97 Å². The van der Waals surface area contributed by atoms with Crippen molar-refractivity contribution in [1.29, 1.82) is 0 Å². The molecule has 1 rings (SSSR count). The van der Waals surface area contributed by atoms with E-state index in [1.54, 1.807) is 0 Å². The number of terminal acetylenes is 1. The van der Waals surface area contributed by atoms with Crippen LogP contribution < -0.4 is 5.32 Å². The van der Waals surface area contributed by atoms with Gasteiger partial charge in [0.25, 0.3) is 5.91 Å². The van der Waals surface area contributed by atoms with Gasteiger partial charge < -0.3 is 10.4 Å². The molecule has 0 aliphatic carbocycles. The standard InChI is InChI=1S/C10H6ClNO3/c1-2-9(13)12-6-3-4-7(10(14)15)8(11)5-6/h1,3-5H,(H,12,13)(H,14,15).